The molecule has 3 unspecified atom stereocenters. The van der Waals surface area contributed by atoms with Crippen LogP contribution in [0.3, 0.4) is 0 Å². The minimum Gasteiger partial charge on any atom is -0.457 e. The minimum absolute atomic E-state index is 0.0489. The molecule has 4 nitrogen and oxygen atoms in total. The third-order valence-corrected chi connectivity index (χ3v) is 7.59. The lowest BCUT2D eigenvalue weighted by atomic mass is 9.76. The molecule has 0 N–H and O–H groups in total. The van der Waals surface area contributed by atoms with E-state index in [0.29, 0.717) is 17.4 Å². The smallest absolute Gasteiger partial charge is 0.237 e. The number of rotatable bonds is 5. The highest BCUT2D eigenvalue weighted by molar-refractivity contribution is 6.22. The molecular weight excluding hydrogens is 422 g/mol. The molecule has 0 radical (unpaired) electrons. The van der Waals surface area contributed by atoms with E-state index in [4.69, 9.17) is 4.74 Å². The predicted octanol–water partition coefficient (Wildman–Crippen LogP) is 6.73. The van der Waals surface area contributed by atoms with Crippen molar-refractivity contribution in [2.24, 2.45) is 17.8 Å². The molecule has 3 aromatic carbocycles. The van der Waals surface area contributed by atoms with Gasteiger partial charge in [0, 0.05) is 5.41 Å². The number of anilines is 1. The van der Waals surface area contributed by atoms with Gasteiger partial charge in [0.15, 0.2) is 0 Å². The first-order valence-electron chi connectivity index (χ1n) is 12.2. The second-order valence-corrected chi connectivity index (χ2v) is 10.3. The van der Waals surface area contributed by atoms with E-state index in [1.165, 1.54) is 16.0 Å². The van der Waals surface area contributed by atoms with E-state index >= 15 is 0 Å². The van der Waals surface area contributed by atoms with Crippen molar-refractivity contribution in [3.8, 4) is 11.5 Å². The van der Waals surface area contributed by atoms with Crippen LogP contribution in [0.15, 0.2) is 78.9 Å². The van der Waals surface area contributed by atoms with Gasteiger partial charge in [-0.1, -0.05) is 63.2 Å². The minimum atomic E-state index is -0.161. The molecule has 34 heavy (non-hydrogen) atoms. The largest absolute Gasteiger partial charge is 0.457 e. The third-order valence-electron chi connectivity index (χ3n) is 7.59. The summed E-state index contributed by atoms with van der Waals surface area (Å²) in [6.45, 7) is 6.60. The first-order valence-corrected chi connectivity index (χ1v) is 12.2. The Balaban J connectivity index is 1.29. The molecular formula is C30H31NO3. The Morgan fingerprint density at radius 2 is 1.29 bits per heavy atom. The van der Waals surface area contributed by atoms with Crippen LogP contribution < -0.4 is 9.64 Å². The number of carbonyl (C=O) groups excluding carboxylic acids is 2. The fourth-order valence-electron chi connectivity index (χ4n) is 5.40. The molecule has 2 amide bonds. The zero-order valence-corrected chi connectivity index (χ0v) is 20.0. The molecule has 2 aliphatic rings. The van der Waals surface area contributed by atoms with Gasteiger partial charge in [-0.25, -0.2) is 0 Å². The molecule has 1 saturated heterocycles. The Bertz CT molecular complexity index is 1180. The van der Waals surface area contributed by atoms with Crippen LogP contribution in [0.2, 0.25) is 0 Å². The van der Waals surface area contributed by atoms with Crippen LogP contribution in [0.5, 0.6) is 11.5 Å². The number of amides is 2. The van der Waals surface area contributed by atoms with Gasteiger partial charge in [-0.3, -0.25) is 14.5 Å². The summed E-state index contributed by atoms with van der Waals surface area (Å²) in [5.74, 6) is 1.50. The number of fused-ring (bicyclic) bond motifs is 1. The number of ether oxygens (including phenoxy) is 1. The Hall–Kier alpha value is -3.40. The normalized spacial score (nSPS) is 22.6. The highest BCUT2D eigenvalue weighted by Crippen LogP contribution is 2.42. The van der Waals surface area contributed by atoms with Crippen LogP contribution in [0.25, 0.3) is 0 Å². The number of carbonyl (C=O) groups is 2. The van der Waals surface area contributed by atoms with E-state index in [1.807, 2.05) is 30.3 Å². The topological polar surface area (TPSA) is 46.6 Å². The maximum Gasteiger partial charge on any atom is 0.237 e. The van der Waals surface area contributed by atoms with Crippen LogP contribution in [0.1, 0.15) is 51.2 Å². The summed E-state index contributed by atoms with van der Waals surface area (Å²) in [5.41, 5.74) is 3.00. The average molecular weight is 454 g/mol. The van der Waals surface area contributed by atoms with Crippen LogP contribution in [0.4, 0.5) is 5.69 Å². The highest BCUT2D eigenvalue weighted by Gasteiger charge is 2.49. The molecule has 0 spiro atoms. The SMILES string of the molecule is CC1CCC2C(=O)N(c3ccc(Oc4ccc(C(C)(C)c5ccccc5)cc4)cc3)C(=O)C2C1. The van der Waals surface area contributed by atoms with Gasteiger partial charge in [-0.05, 0) is 72.7 Å². The quantitative estimate of drug-likeness (QED) is 0.402. The summed E-state index contributed by atoms with van der Waals surface area (Å²) in [5, 5.41) is 0. The van der Waals surface area contributed by atoms with Crippen molar-refractivity contribution >= 4 is 17.5 Å². The molecule has 1 saturated carbocycles. The van der Waals surface area contributed by atoms with E-state index in [0.717, 1.165) is 25.0 Å². The molecule has 3 atom stereocenters. The summed E-state index contributed by atoms with van der Waals surface area (Å²) in [6.07, 6.45) is 2.64. The Kier molecular flexibility index (Phi) is 5.76. The van der Waals surface area contributed by atoms with Crippen molar-refractivity contribution in [3.05, 3.63) is 90.0 Å². The predicted molar refractivity (Wildman–Crippen MR) is 134 cm³/mol. The van der Waals surface area contributed by atoms with E-state index in [-0.39, 0.29) is 29.1 Å². The molecule has 3 aromatic rings. The number of hydrogen-bond acceptors (Lipinski definition) is 3. The monoisotopic (exact) mass is 453 g/mol. The zero-order chi connectivity index (χ0) is 23.9. The fourth-order valence-corrected chi connectivity index (χ4v) is 5.40. The van der Waals surface area contributed by atoms with Crippen LogP contribution in [-0.2, 0) is 15.0 Å². The Labute approximate surface area is 201 Å². The Morgan fingerprint density at radius 1 is 0.735 bits per heavy atom. The summed E-state index contributed by atoms with van der Waals surface area (Å²) >= 11 is 0. The number of nitrogens with zero attached hydrogens (tertiary/aromatic N) is 1. The molecule has 1 aliphatic heterocycles. The maximum atomic E-state index is 13.0. The van der Waals surface area contributed by atoms with Crippen molar-refractivity contribution in [1.82, 2.24) is 0 Å². The van der Waals surface area contributed by atoms with Crippen molar-refractivity contribution in [2.75, 3.05) is 4.90 Å². The summed E-state index contributed by atoms with van der Waals surface area (Å²) in [6, 6.07) is 25.9. The first kappa shape index (κ1) is 22.4. The van der Waals surface area contributed by atoms with Gasteiger partial charge in [-0.2, -0.15) is 0 Å². The van der Waals surface area contributed by atoms with Crippen molar-refractivity contribution in [3.63, 3.8) is 0 Å². The number of benzene rings is 3. The Morgan fingerprint density at radius 3 is 1.94 bits per heavy atom. The molecule has 174 valence electrons. The van der Waals surface area contributed by atoms with Gasteiger partial charge in [-0.15, -0.1) is 0 Å². The summed E-state index contributed by atoms with van der Waals surface area (Å²) in [7, 11) is 0. The lowest BCUT2D eigenvalue weighted by Gasteiger charge is -2.26. The number of imide groups is 1. The first-order chi connectivity index (χ1) is 16.3. The molecule has 1 heterocycles. The molecule has 0 aromatic heterocycles. The van der Waals surface area contributed by atoms with E-state index < -0.39 is 0 Å². The van der Waals surface area contributed by atoms with Gasteiger partial charge in [0.25, 0.3) is 0 Å². The fraction of sp³-hybridized carbons (Fsp3) is 0.333. The van der Waals surface area contributed by atoms with Crippen LogP contribution in [-0.4, -0.2) is 11.8 Å². The van der Waals surface area contributed by atoms with Crippen LogP contribution in [0, 0.1) is 17.8 Å². The van der Waals surface area contributed by atoms with Crippen molar-refractivity contribution in [2.45, 2.75) is 45.4 Å². The van der Waals surface area contributed by atoms with Crippen molar-refractivity contribution in [1.29, 1.82) is 0 Å². The highest BCUT2D eigenvalue weighted by atomic mass is 16.5. The third kappa shape index (κ3) is 4.02. The molecule has 4 heteroatoms. The van der Waals surface area contributed by atoms with E-state index in [1.54, 1.807) is 12.1 Å². The van der Waals surface area contributed by atoms with Gasteiger partial charge in [0.2, 0.25) is 11.8 Å². The summed E-state index contributed by atoms with van der Waals surface area (Å²) < 4.78 is 6.04. The molecule has 5 rings (SSSR count). The van der Waals surface area contributed by atoms with E-state index in [9.17, 15) is 9.59 Å². The van der Waals surface area contributed by atoms with E-state index in [2.05, 4.69) is 57.2 Å². The second kappa shape index (κ2) is 8.75. The lowest BCUT2D eigenvalue weighted by molar-refractivity contribution is -0.122. The summed E-state index contributed by atoms with van der Waals surface area (Å²) in [4.78, 5) is 27.3. The standard InChI is InChI=1S/C30H31NO3/c1-20-9-18-26-27(19-20)29(33)31(28(26)32)23-12-16-25(17-13-23)34-24-14-10-22(11-15-24)30(2,3)21-7-5-4-6-8-21/h4-8,10-17,20,26-27H,9,18-19H2,1-3H3. The van der Waals surface area contributed by atoms with Crippen LogP contribution >= 0.6 is 0 Å². The molecule has 2 fully saturated rings. The number of hydrogen-bond donors (Lipinski definition) is 0. The molecule has 1 aliphatic carbocycles. The maximum absolute atomic E-state index is 13.0. The van der Waals surface area contributed by atoms with Gasteiger partial charge in [0.05, 0.1) is 17.5 Å². The molecule has 0 bridgehead atoms. The second-order valence-electron chi connectivity index (χ2n) is 10.3. The lowest BCUT2D eigenvalue weighted by Crippen LogP contribution is -2.30. The van der Waals surface area contributed by atoms with Crippen molar-refractivity contribution < 1.29 is 14.3 Å². The van der Waals surface area contributed by atoms with Gasteiger partial charge < -0.3 is 4.74 Å². The van der Waals surface area contributed by atoms with Gasteiger partial charge >= 0.3 is 0 Å². The average Bonchev–Trinajstić information content (AvgIpc) is 3.09. The zero-order valence-electron chi connectivity index (χ0n) is 20.0. The van der Waals surface area contributed by atoms with Gasteiger partial charge in [0.1, 0.15) is 11.5 Å².